The Morgan fingerprint density at radius 2 is 2.00 bits per heavy atom. The molecule has 0 bridgehead atoms. The summed E-state index contributed by atoms with van der Waals surface area (Å²) in [6.07, 6.45) is 1.51. The zero-order valence-corrected chi connectivity index (χ0v) is 7.73. The maximum absolute atomic E-state index is 11.9. The normalized spacial score (nSPS) is 10.2. The van der Waals surface area contributed by atoms with Crippen molar-refractivity contribution in [3.05, 3.63) is 34.9 Å². The zero-order chi connectivity index (χ0) is 8.97. The van der Waals surface area contributed by atoms with Crippen molar-refractivity contribution in [2.24, 2.45) is 0 Å². The first-order valence-electron chi connectivity index (χ1n) is 4.36. The van der Waals surface area contributed by atoms with E-state index in [-0.39, 0.29) is 6.67 Å². The lowest BCUT2D eigenvalue weighted by atomic mass is 10.0. The molecule has 1 rings (SSSR count). The highest BCUT2D eigenvalue weighted by Crippen LogP contribution is 2.12. The summed E-state index contributed by atoms with van der Waals surface area (Å²) < 4.78 is 11.9. The predicted molar refractivity (Wildman–Crippen MR) is 50.2 cm³/mol. The Morgan fingerprint density at radius 3 is 2.67 bits per heavy atom. The zero-order valence-electron chi connectivity index (χ0n) is 7.73. The van der Waals surface area contributed by atoms with Crippen LogP contribution in [-0.4, -0.2) is 6.67 Å². The molecular formula is C11H15F. The van der Waals surface area contributed by atoms with E-state index in [4.69, 9.17) is 0 Å². The van der Waals surface area contributed by atoms with Gasteiger partial charge < -0.3 is 0 Å². The Kier molecular flexibility index (Phi) is 3.27. The minimum atomic E-state index is -0.215. The highest BCUT2D eigenvalue weighted by molar-refractivity contribution is 5.30. The average molecular weight is 166 g/mol. The molecule has 12 heavy (non-hydrogen) atoms. The molecule has 0 N–H and O–H groups in total. The van der Waals surface area contributed by atoms with Crippen molar-refractivity contribution in [3.63, 3.8) is 0 Å². The first kappa shape index (κ1) is 9.24. The van der Waals surface area contributed by atoms with E-state index in [1.807, 2.05) is 0 Å². The number of hydrogen-bond donors (Lipinski definition) is 0. The molecule has 0 spiro atoms. The van der Waals surface area contributed by atoms with Crippen molar-refractivity contribution in [2.45, 2.75) is 26.7 Å². The molecule has 0 unspecified atom stereocenters. The molecule has 0 aliphatic heterocycles. The maximum atomic E-state index is 11.9. The molecule has 0 aromatic heterocycles. The van der Waals surface area contributed by atoms with E-state index in [2.05, 4.69) is 32.0 Å². The first-order valence-corrected chi connectivity index (χ1v) is 4.36. The second kappa shape index (κ2) is 4.24. The summed E-state index contributed by atoms with van der Waals surface area (Å²) in [5.74, 6) is 0. The fourth-order valence-corrected chi connectivity index (χ4v) is 1.33. The lowest BCUT2D eigenvalue weighted by molar-refractivity contribution is 0.472. The monoisotopic (exact) mass is 166 g/mol. The Hall–Kier alpha value is -0.850. The Balaban J connectivity index is 2.75. The number of aryl methyl sites for hydroxylation is 3. The van der Waals surface area contributed by atoms with Crippen LogP contribution in [0.25, 0.3) is 0 Å². The highest BCUT2D eigenvalue weighted by atomic mass is 19.1. The third-order valence-electron chi connectivity index (χ3n) is 2.08. The smallest absolute Gasteiger partial charge is 0.0897 e. The molecule has 0 heterocycles. The van der Waals surface area contributed by atoms with Crippen LogP contribution in [0, 0.1) is 13.8 Å². The molecule has 0 fully saturated rings. The fraction of sp³-hybridized carbons (Fsp3) is 0.455. The number of benzene rings is 1. The summed E-state index contributed by atoms with van der Waals surface area (Å²) in [7, 11) is 0. The third-order valence-corrected chi connectivity index (χ3v) is 2.08. The molecule has 1 aromatic carbocycles. The van der Waals surface area contributed by atoms with Gasteiger partial charge in [0, 0.05) is 0 Å². The van der Waals surface area contributed by atoms with Gasteiger partial charge >= 0.3 is 0 Å². The van der Waals surface area contributed by atoms with Crippen LogP contribution >= 0.6 is 0 Å². The van der Waals surface area contributed by atoms with Crippen LogP contribution < -0.4 is 0 Å². The van der Waals surface area contributed by atoms with E-state index in [1.165, 1.54) is 16.7 Å². The van der Waals surface area contributed by atoms with Gasteiger partial charge in [-0.15, -0.1) is 0 Å². The topological polar surface area (TPSA) is 0 Å². The third kappa shape index (κ3) is 2.33. The summed E-state index contributed by atoms with van der Waals surface area (Å²) in [5, 5.41) is 0. The molecule has 0 atom stereocenters. The quantitative estimate of drug-likeness (QED) is 0.646. The van der Waals surface area contributed by atoms with Crippen molar-refractivity contribution in [2.75, 3.05) is 6.67 Å². The van der Waals surface area contributed by atoms with Crippen LogP contribution in [-0.2, 0) is 6.42 Å². The Labute approximate surface area is 73.4 Å². The van der Waals surface area contributed by atoms with Crippen LogP contribution in [0.3, 0.4) is 0 Å². The van der Waals surface area contributed by atoms with Crippen molar-refractivity contribution in [1.82, 2.24) is 0 Å². The fourth-order valence-electron chi connectivity index (χ4n) is 1.33. The molecule has 0 nitrogen and oxygen atoms in total. The summed E-state index contributed by atoms with van der Waals surface area (Å²) in [5.41, 5.74) is 3.82. The second-order valence-electron chi connectivity index (χ2n) is 3.22. The maximum Gasteiger partial charge on any atom is 0.0897 e. The molecule has 1 aromatic rings. The average Bonchev–Trinajstić information content (AvgIpc) is 2.07. The summed E-state index contributed by atoms with van der Waals surface area (Å²) >= 11 is 0. The number of alkyl halides is 1. The van der Waals surface area contributed by atoms with E-state index in [0.29, 0.717) is 6.42 Å². The minimum absolute atomic E-state index is 0.215. The predicted octanol–water partition coefficient (Wildman–Crippen LogP) is 3.21. The van der Waals surface area contributed by atoms with Gasteiger partial charge in [0.05, 0.1) is 6.67 Å². The highest BCUT2D eigenvalue weighted by Gasteiger charge is 1.97. The van der Waals surface area contributed by atoms with Gasteiger partial charge in [-0.2, -0.15) is 0 Å². The largest absolute Gasteiger partial charge is 0.251 e. The SMILES string of the molecule is Cc1ccc(C)c(CCCF)c1. The van der Waals surface area contributed by atoms with Crippen LogP contribution in [0.15, 0.2) is 18.2 Å². The molecular weight excluding hydrogens is 151 g/mol. The van der Waals surface area contributed by atoms with Gasteiger partial charge in [-0.3, -0.25) is 4.39 Å². The van der Waals surface area contributed by atoms with Crippen LogP contribution in [0.4, 0.5) is 4.39 Å². The Bertz CT molecular complexity index is 253. The molecule has 0 radical (unpaired) electrons. The van der Waals surface area contributed by atoms with Gasteiger partial charge in [0.1, 0.15) is 0 Å². The van der Waals surface area contributed by atoms with E-state index >= 15 is 0 Å². The number of hydrogen-bond acceptors (Lipinski definition) is 0. The van der Waals surface area contributed by atoms with Gasteiger partial charge in [-0.05, 0) is 37.8 Å². The molecule has 0 amide bonds. The van der Waals surface area contributed by atoms with Gasteiger partial charge in [-0.25, -0.2) is 0 Å². The van der Waals surface area contributed by atoms with Crippen molar-refractivity contribution >= 4 is 0 Å². The van der Waals surface area contributed by atoms with Gasteiger partial charge in [0.15, 0.2) is 0 Å². The lowest BCUT2D eigenvalue weighted by Crippen LogP contribution is -1.91. The lowest BCUT2D eigenvalue weighted by Gasteiger charge is -2.04. The van der Waals surface area contributed by atoms with E-state index in [9.17, 15) is 4.39 Å². The molecule has 0 aliphatic carbocycles. The van der Waals surface area contributed by atoms with E-state index in [0.717, 1.165) is 6.42 Å². The van der Waals surface area contributed by atoms with Gasteiger partial charge in [0.25, 0.3) is 0 Å². The molecule has 0 aliphatic rings. The van der Waals surface area contributed by atoms with E-state index < -0.39 is 0 Å². The second-order valence-corrected chi connectivity index (χ2v) is 3.22. The minimum Gasteiger partial charge on any atom is -0.251 e. The molecule has 1 heteroatoms. The standard InChI is InChI=1S/C11H15F/c1-9-5-6-10(2)11(8-9)4-3-7-12/h5-6,8H,3-4,7H2,1-2H3. The molecule has 66 valence electrons. The van der Waals surface area contributed by atoms with Gasteiger partial charge in [-0.1, -0.05) is 23.8 Å². The van der Waals surface area contributed by atoms with Crippen molar-refractivity contribution < 1.29 is 4.39 Å². The van der Waals surface area contributed by atoms with Crippen molar-refractivity contribution in [3.8, 4) is 0 Å². The summed E-state index contributed by atoms with van der Waals surface area (Å²) in [4.78, 5) is 0. The van der Waals surface area contributed by atoms with E-state index in [1.54, 1.807) is 0 Å². The summed E-state index contributed by atoms with van der Waals surface area (Å²) in [6.45, 7) is 3.93. The van der Waals surface area contributed by atoms with Crippen LogP contribution in [0.1, 0.15) is 23.1 Å². The molecule has 0 saturated carbocycles. The van der Waals surface area contributed by atoms with Crippen LogP contribution in [0.2, 0.25) is 0 Å². The Morgan fingerprint density at radius 1 is 1.25 bits per heavy atom. The molecule has 0 saturated heterocycles. The first-order chi connectivity index (χ1) is 5.74. The van der Waals surface area contributed by atoms with Crippen molar-refractivity contribution in [1.29, 1.82) is 0 Å². The van der Waals surface area contributed by atoms with Gasteiger partial charge in [0.2, 0.25) is 0 Å². The number of halogens is 1. The number of rotatable bonds is 3. The summed E-state index contributed by atoms with van der Waals surface area (Å²) in [6, 6.07) is 6.34. The van der Waals surface area contributed by atoms with Crippen LogP contribution in [0.5, 0.6) is 0 Å².